The van der Waals surface area contributed by atoms with Crippen molar-refractivity contribution in [2.75, 3.05) is 17.1 Å². The smallest absolute Gasteiger partial charge is 0.261 e. The first-order valence-electron chi connectivity index (χ1n) is 7.30. The molecule has 0 atom stereocenters. The Morgan fingerprint density at radius 3 is 2.44 bits per heavy atom. The fourth-order valence-electron chi connectivity index (χ4n) is 2.14. The Bertz CT molecular complexity index is 916. The molecule has 0 aliphatic rings. The van der Waals surface area contributed by atoms with Gasteiger partial charge in [-0.05, 0) is 35.9 Å². The highest BCUT2D eigenvalue weighted by Gasteiger charge is 2.17. The van der Waals surface area contributed by atoms with E-state index in [4.69, 9.17) is 10.00 Å². The van der Waals surface area contributed by atoms with Crippen LogP contribution in [0.25, 0.3) is 0 Å². The van der Waals surface area contributed by atoms with E-state index in [1.807, 2.05) is 6.07 Å². The number of rotatable bonds is 6. The molecule has 7 nitrogen and oxygen atoms in total. The highest BCUT2D eigenvalue weighted by molar-refractivity contribution is 7.92. The first-order valence-corrected chi connectivity index (χ1v) is 8.78. The van der Waals surface area contributed by atoms with Crippen LogP contribution < -0.4 is 14.8 Å². The summed E-state index contributed by atoms with van der Waals surface area (Å²) in [6.07, 6.45) is 0.256. The van der Waals surface area contributed by atoms with Crippen LogP contribution in [0, 0.1) is 11.3 Å². The molecule has 2 rings (SSSR count). The van der Waals surface area contributed by atoms with Crippen molar-refractivity contribution in [2.45, 2.75) is 18.2 Å². The molecular weight excluding hydrogens is 342 g/mol. The molecule has 0 aromatic heterocycles. The largest absolute Gasteiger partial charge is 0.495 e. The molecule has 0 aliphatic heterocycles. The van der Waals surface area contributed by atoms with Crippen molar-refractivity contribution in [1.82, 2.24) is 0 Å². The molecule has 2 aromatic rings. The number of nitrogens with one attached hydrogen (secondary N) is 2. The van der Waals surface area contributed by atoms with E-state index >= 15 is 0 Å². The van der Waals surface area contributed by atoms with Crippen LogP contribution in [0.4, 0.5) is 11.4 Å². The molecular formula is C17H17N3O4S. The predicted octanol–water partition coefficient (Wildman–Crippen LogP) is 2.52. The van der Waals surface area contributed by atoms with Crippen molar-refractivity contribution in [2.24, 2.45) is 0 Å². The van der Waals surface area contributed by atoms with Crippen LogP contribution in [0.3, 0.4) is 0 Å². The van der Waals surface area contributed by atoms with E-state index in [0.29, 0.717) is 11.4 Å². The summed E-state index contributed by atoms with van der Waals surface area (Å²) in [5.74, 6) is 0.0175. The van der Waals surface area contributed by atoms with Gasteiger partial charge in [0.25, 0.3) is 10.0 Å². The van der Waals surface area contributed by atoms with Gasteiger partial charge in [-0.1, -0.05) is 12.1 Å². The summed E-state index contributed by atoms with van der Waals surface area (Å²) in [6, 6.07) is 12.7. The van der Waals surface area contributed by atoms with Gasteiger partial charge < -0.3 is 10.1 Å². The average molecular weight is 359 g/mol. The number of sulfonamides is 1. The number of methoxy groups -OCH3 is 1. The van der Waals surface area contributed by atoms with Crippen LogP contribution in [-0.2, 0) is 21.2 Å². The predicted molar refractivity (Wildman–Crippen MR) is 93.9 cm³/mol. The summed E-state index contributed by atoms with van der Waals surface area (Å²) in [5, 5.41) is 11.2. The molecule has 130 valence electrons. The Morgan fingerprint density at radius 2 is 1.88 bits per heavy atom. The summed E-state index contributed by atoms with van der Waals surface area (Å²) < 4.78 is 32.6. The van der Waals surface area contributed by atoms with Gasteiger partial charge in [0.15, 0.2) is 0 Å². The van der Waals surface area contributed by atoms with Crippen LogP contribution in [0.5, 0.6) is 5.75 Å². The van der Waals surface area contributed by atoms with E-state index < -0.39 is 10.0 Å². The number of nitriles is 1. The van der Waals surface area contributed by atoms with E-state index in [1.165, 1.54) is 32.2 Å². The maximum Gasteiger partial charge on any atom is 0.261 e. The van der Waals surface area contributed by atoms with Gasteiger partial charge in [0, 0.05) is 12.6 Å². The Balaban J connectivity index is 2.29. The molecule has 0 saturated heterocycles. The van der Waals surface area contributed by atoms with Gasteiger partial charge in [0.2, 0.25) is 5.91 Å². The number of hydrogen-bond acceptors (Lipinski definition) is 5. The summed E-state index contributed by atoms with van der Waals surface area (Å²) >= 11 is 0. The van der Waals surface area contributed by atoms with E-state index in [2.05, 4.69) is 10.0 Å². The number of amides is 1. The van der Waals surface area contributed by atoms with Gasteiger partial charge in [-0.3, -0.25) is 9.52 Å². The Morgan fingerprint density at radius 1 is 1.20 bits per heavy atom. The molecule has 0 unspecified atom stereocenters. The van der Waals surface area contributed by atoms with E-state index in [9.17, 15) is 13.2 Å². The van der Waals surface area contributed by atoms with Crippen molar-refractivity contribution < 1.29 is 17.9 Å². The molecule has 0 spiro atoms. The van der Waals surface area contributed by atoms with Crippen LogP contribution >= 0.6 is 0 Å². The first kappa shape index (κ1) is 18.3. The lowest BCUT2D eigenvalue weighted by Gasteiger charge is -2.13. The zero-order chi connectivity index (χ0) is 18.4. The van der Waals surface area contributed by atoms with Crippen molar-refractivity contribution >= 4 is 27.3 Å². The summed E-state index contributed by atoms with van der Waals surface area (Å²) in [5.41, 5.74) is 1.43. The second-order valence-corrected chi connectivity index (χ2v) is 6.86. The molecule has 0 saturated carbocycles. The van der Waals surface area contributed by atoms with Crippen LogP contribution in [0.2, 0.25) is 0 Å². The van der Waals surface area contributed by atoms with E-state index in [0.717, 1.165) is 5.56 Å². The Hall–Kier alpha value is -3.05. The zero-order valence-electron chi connectivity index (χ0n) is 13.7. The minimum atomic E-state index is -3.84. The van der Waals surface area contributed by atoms with E-state index in [-0.39, 0.29) is 22.9 Å². The fourth-order valence-corrected chi connectivity index (χ4v) is 3.22. The standard InChI is InChI=1S/C17H17N3O4S/c1-12(21)19-16-11-15(7-8-17(16)24-2)25(22,23)20-14-5-3-13(4-6-14)9-10-18/h3-8,11,20H,9H2,1-2H3,(H,19,21). The lowest BCUT2D eigenvalue weighted by Crippen LogP contribution is -2.14. The van der Waals surface area contributed by atoms with Crippen LogP contribution in [-0.4, -0.2) is 21.4 Å². The van der Waals surface area contributed by atoms with Crippen LogP contribution in [0.1, 0.15) is 12.5 Å². The minimum Gasteiger partial charge on any atom is -0.495 e. The molecule has 0 radical (unpaired) electrons. The Kier molecular flexibility index (Phi) is 5.62. The van der Waals surface area contributed by atoms with Gasteiger partial charge in [-0.25, -0.2) is 8.42 Å². The highest BCUT2D eigenvalue weighted by atomic mass is 32.2. The number of hydrogen-bond donors (Lipinski definition) is 2. The maximum absolute atomic E-state index is 12.5. The quantitative estimate of drug-likeness (QED) is 0.824. The van der Waals surface area contributed by atoms with Crippen molar-refractivity contribution in [1.29, 1.82) is 5.26 Å². The van der Waals surface area contributed by atoms with Crippen molar-refractivity contribution in [3.8, 4) is 11.8 Å². The van der Waals surface area contributed by atoms with Gasteiger partial charge in [0.1, 0.15) is 5.75 Å². The van der Waals surface area contributed by atoms with Crippen molar-refractivity contribution in [3.05, 3.63) is 48.0 Å². The molecule has 25 heavy (non-hydrogen) atoms. The number of anilines is 2. The number of benzene rings is 2. The zero-order valence-corrected chi connectivity index (χ0v) is 14.6. The lowest BCUT2D eigenvalue weighted by atomic mass is 10.1. The third-order valence-electron chi connectivity index (χ3n) is 3.28. The second-order valence-electron chi connectivity index (χ2n) is 5.18. The summed E-state index contributed by atoms with van der Waals surface area (Å²) in [7, 11) is -2.42. The molecule has 1 amide bonds. The maximum atomic E-state index is 12.5. The molecule has 0 bridgehead atoms. The molecule has 2 aromatic carbocycles. The highest BCUT2D eigenvalue weighted by Crippen LogP contribution is 2.28. The van der Waals surface area contributed by atoms with Gasteiger partial charge in [0.05, 0.1) is 30.2 Å². The van der Waals surface area contributed by atoms with E-state index in [1.54, 1.807) is 24.3 Å². The monoisotopic (exact) mass is 359 g/mol. The normalized spacial score (nSPS) is 10.6. The molecule has 8 heteroatoms. The SMILES string of the molecule is COc1ccc(S(=O)(=O)Nc2ccc(CC#N)cc2)cc1NC(C)=O. The number of carbonyl (C=O) groups excluding carboxylic acids is 1. The molecule has 0 fully saturated rings. The number of carbonyl (C=O) groups is 1. The third kappa shape index (κ3) is 4.71. The number of nitrogens with zero attached hydrogens (tertiary/aromatic N) is 1. The second kappa shape index (κ2) is 7.68. The Labute approximate surface area is 146 Å². The van der Waals surface area contributed by atoms with Crippen molar-refractivity contribution in [3.63, 3.8) is 0 Å². The van der Waals surface area contributed by atoms with Crippen LogP contribution in [0.15, 0.2) is 47.4 Å². The van der Waals surface area contributed by atoms with Gasteiger partial charge >= 0.3 is 0 Å². The molecule has 2 N–H and O–H groups in total. The molecule has 0 heterocycles. The average Bonchev–Trinajstić information content (AvgIpc) is 2.56. The summed E-state index contributed by atoms with van der Waals surface area (Å²) in [6.45, 7) is 1.32. The molecule has 0 aliphatic carbocycles. The lowest BCUT2D eigenvalue weighted by molar-refractivity contribution is -0.114. The number of ether oxygens (including phenoxy) is 1. The summed E-state index contributed by atoms with van der Waals surface area (Å²) in [4.78, 5) is 11.2. The minimum absolute atomic E-state index is 0.0156. The van der Waals surface area contributed by atoms with Gasteiger partial charge in [-0.15, -0.1) is 0 Å². The van der Waals surface area contributed by atoms with Gasteiger partial charge in [-0.2, -0.15) is 5.26 Å². The third-order valence-corrected chi connectivity index (χ3v) is 4.66. The fraction of sp³-hybridized carbons (Fsp3) is 0.176. The first-order chi connectivity index (χ1) is 11.9. The topological polar surface area (TPSA) is 108 Å².